The second kappa shape index (κ2) is 10.6. The molecule has 3 N–H and O–H groups in total. The van der Waals surface area contributed by atoms with Crippen LogP contribution in [0.5, 0.6) is 0 Å². The Morgan fingerprint density at radius 2 is 1.44 bits per heavy atom. The van der Waals surface area contributed by atoms with E-state index in [9.17, 15) is 24.3 Å². The van der Waals surface area contributed by atoms with Crippen molar-refractivity contribution in [2.45, 2.75) is 12.8 Å². The number of rotatable bonds is 7. The Kier molecular flexibility index (Phi) is 7.62. The number of benzene rings is 2. The largest absolute Gasteiger partial charge is 0.481 e. The number of carbonyl (C=O) groups excluding carboxylic acids is 3. The average molecular weight is 457 g/mol. The second-order valence-corrected chi connectivity index (χ2v) is 7.63. The quantitative estimate of drug-likeness (QED) is 0.431. The van der Waals surface area contributed by atoms with E-state index in [2.05, 4.69) is 10.6 Å². The zero-order chi connectivity index (χ0) is 23.1. The lowest BCUT2D eigenvalue weighted by molar-refractivity contribution is -0.146. The van der Waals surface area contributed by atoms with E-state index in [-0.39, 0.29) is 5.56 Å². The molecule has 0 spiro atoms. The molecule has 1 aliphatic rings. The van der Waals surface area contributed by atoms with Crippen molar-refractivity contribution in [3.8, 4) is 0 Å². The van der Waals surface area contributed by atoms with Crippen LogP contribution < -0.4 is 10.6 Å². The van der Waals surface area contributed by atoms with Gasteiger partial charge >= 0.3 is 11.9 Å². The van der Waals surface area contributed by atoms with E-state index in [4.69, 9.17) is 16.3 Å². The first-order valence-corrected chi connectivity index (χ1v) is 10.2. The van der Waals surface area contributed by atoms with Gasteiger partial charge in [-0.15, -0.1) is 0 Å². The van der Waals surface area contributed by atoms with E-state index in [1.165, 1.54) is 24.3 Å². The third kappa shape index (κ3) is 6.18. The molecule has 32 heavy (non-hydrogen) atoms. The van der Waals surface area contributed by atoms with Crippen LogP contribution in [0.25, 0.3) is 0 Å². The normalized spacial score (nSPS) is 17.3. The van der Waals surface area contributed by atoms with Crippen molar-refractivity contribution in [1.29, 1.82) is 0 Å². The fourth-order valence-corrected chi connectivity index (χ4v) is 3.37. The van der Waals surface area contributed by atoms with Gasteiger partial charge < -0.3 is 20.5 Å². The molecule has 1 aliphatic carbocycles. The van der Waals surface area contributed by atoms with E-state index in [1.807, 2.05) is 0 Å². The van der Waals surface area contributed by atoms with E-state index >= 15 is 0 Å². The highest BCUT2D eigenvalue weighted by Crippen LogP contribution is 2.27. The van der Waals surface area contributed by atoms with Crippen LogP contribution in [0.15, 0.2) is 60.7 Å². The number of carbonyl (C=O) groups is 4. The van der Waals surface area contributed by atoms with Gasteiger partial charge in [-0.25, -0.2) is 4.79 Å². The van der Waals surface area contributed by atoms with Gasteiger partial charge in [-0.2, -0.15) is 0 Å². The maximum atomic E-state index is 12.5. The highest BCUT2D eigenvalue weighted by atomic mass is 35.5. The van der Waals surface area contributed by atoms with Gasteiger partial charge in [0, 0.05) is 16.4 Å². The molecule has 0 fully saturated rings. The van der Waals surface area contributed by atoms with Crippen LogP contribution in [0.1, 0.15) is 23.2 Å². The Morgan fingerprint density at radius 1 is 0.875 bits per heavy atom. The first-order valence-electron chi connectivity index (χ1n) is 9.85. The maximum Gasteiger partial charge on any atom is 0.338 e. The van der Waals surface area contributed by atoms with Crippen molar-refractivity contribution >= 4 is 46.7 Å². The Balaban J connectivity index is 1.51. The van der Waals surface area contributed by atoms with E-state index in [1.54, 1.807) is 36.4 Å². The summed E-state index contributed by atoms with van der Waals surface area (Å²) in [5.74, 6) is -4.03. The SMILES string of the molecule is O=C(COC(=O)c1ccc(NC(=O)[C@@H]2CC=CC[C@H]2C(=O)O)cc1)Nc1ccc(Cl)cc1. The topological polar surface area (TPSA) is 122 Å². The van der Waals surface area contributed by atoms with Gasteiger partial charge in [0.25, 0.3) is 5.91 Å². The number of esters is 1. The van der Waals surface area contributed by atoms with Crippen molar-refractivity contribution in [2.75, 3.05) is 17.2 Å². The summed E-state index contributed by atoms with van der Waals surface area (Å²) in [5, 5.41) is 15.1. The molecule has 0 unspecified atom stereocenters. The van der Waals surface area contributed by atoms with Crippen LogP contribution in [-0.4, -0.2) is 35.5 Å². The van der Waals surface area contributed by atoms with E-state index in [0.717, 1.165) is 0 Å². The van der Waals surface area contributed by atoms with Crippen molar-refractivity contribution in [2.24, 2.45) is 11.8 Å². The minimum atomic E-state index is -1.01. The summed E-state index contributed by atoms with van der Waals surface area (Å²) in [5.41, 5.74) is 1.14. The summed E-state index contributed by atoms with van der Waals surface area (Å²) in [7, 11) is 0. The van der Waals surface area contributed by atoms with Crippen LogP contribution in [0.3, 0.4) is 0 Å². The number of carboxylic acid groups (broad SMARTS) is 1. The van der Waals surface area contributed by atoms with Gasteiger partial charge in [0.05, 0.1) is 17.4 Å². The lowest BCUT2D eigenvalue weighted by Gasteiger charge is -2.24. The van der Waals surface area contributed by atoms with Crippen LogP contribution in [0, 0.1) is 11.8 Å². The van der Waals surface area contributed by atoms with Gasteiger partial charge in [0.2, 0.25) is 5.91 Å². The van der Waals surface area contributed by atoms with Gasteiger partial charge in [0.1, 0.15) is 0 Å². The molecule has 9 heteroatoms. The third-order valence-corrected chi connectivity index (χ3v) is 5.19. The number of anilines is 2. The fourth-order valence-electron chi connectivity index (χ4n) is 3.25. The second-order valence-electron chi connectivity index (χ2n) is 7.19. The Morgan fingerprint density at radius 3 is 2.06 bits per heavy atom. The van der Waals surface area contributed by atoms with Crippen LogP contribution in [0.2, 0.25) is 5.02 Å². The molecule has 0 heterocycles. The van der Waals surface area contributed by atoms with Gasteiger partial charge in [-0.1, -0.05) is 23.8 Å². The molecule has 0 aliphatic heterocycles. The fraction of sp³-hybridized carbons (Fsp3) is 0.217. The number of hydrogen-bond donors (Lipinski definition) is 3. The molecule has 0 bridgehead atoms. The molecule has 166 valence electrons. The monoisotopic (exact) mass is 456 g/mol. The van der Waals surface area contributed by atoms with Gasteiger partial charge in [-0.05, 0) is 61.4 Å². The molecule has 0 saturated heterocycles. The highest BCUT2D eigenvalue weighted by Gasteiger charge is 2.33. The molecule has 3 rings (SSSR count). The van der Waals surface area contributed by atoms with Gasteiger partial charge in [-0.3, -0.25) is 14.4 Å². The van der Waals surface area contributed by atoms with E-state index in [0.29, 0.717) is 29.2 Å². The first-order chi connectivity index (χ1) is 15.3. The van der Waals surface area contributed by atoms with Crippen LogP contribution in [-0.2, 0) is 19.1 Å². The number of ether oxygens (including phenoxy) is 1. The summed E-state index contributed by atoms with van der Waals surface area (Å²) >= 11 is 5.78. The highest BCUT2D eigenvalue weighted by molar-refractivity contribution is 6.30. The number of nitrogens with one attached hydrogen (secondary N) is 2. The molecule has 2 aromatic carbocycles. The molecule has 0 saturated carbocycles. The predicted molar refractivity (Wildman–Crippen MR) is 118 cm³/mol. The van der Waals surface area contributed by atoms with Crippen molar-refractivity contribution in [3.05, 3.63) is 71.3 Å². The number of allylic oxidation sites excluding steroid dienone is 2. The minimum absolute atomic E-state index is 0.200. The summed E-state index contributed by atoms with van der Waals surface area (Å²) in [6.07, 6.45) is 4.22. The third-order valence-electron chi connectivity index (χ3n) is 4.94. The zero-order valence-electron chi connectivity index (χ0n) is 16.9. The lowest BCUT2D eigenvalue weighted by atomic mass is 9.82. The number of carboxylic acids is 1. The molecule has 2 amide bonds. The molecule has 2 aromatic rings. The standard InChI is InChI=1S/C23H21ClN2O6/c24-15-7-11-16(12-8-15)25-20(27)13-32-23(31)14-5-9-17(10-6-14)26-21(28)18-3-1-2-4-19(18)22(29)30/h1-2,5-12,18-19H,3-4,13H2,(H,25,27)(H,26,28)(H,29,30)/t18-,19-/m1/s1. The number of aliphatic carboxylic acids is 1. The average Bonchev–Trinajstić information content (AvgIpc) is 2.79. The molecule has 0 aromatic heterocycles. The Hall–Kier alpha value is -3.65. The number of amides is 2. The zero-order valence-corrected chi connectivity index (χ0v) is 17.7. The summed E-state index contributed by atoms with van der Waals surface area (Å²) in [4.78, 5) is 47.9. The summed E-state index contributed by atoms with van der Waals surface area (Å²) < 4.78 is 5.01. The lowest BCUT2D eigenvalue weighted by Crippen LogP contribution is -2.34. The Bertz CT molecular complexity index is 1030. The summed E-state index contributed by atoms with van der Waals surface area (Å²) in [6.45, 7) is -0.467. The first kappa shape index (κ1) is 23.0. The predicted octanol–water partition coefficient (Wildman–Crippen LogP) is 3.74. The molecular formula is C23H21ClN2O6. The maximum absolute atomic E-state index is 12.5. The minimum Gasteiger partial charge on any atom is -0.481 e. The summed E-state index contributed by atoms with van der Waals surface area (Å²) in [6, 6.07) is 12.4. The van der Waals surface area contributed by atoms with Gasteiger partial charge in [0.15, 0.2) is 6.61 Å². The van der Waals surface area contributed by atoms with Crippen LogP contribution in [0.4, 0.5) is 11.4 Å². The Labute approximate surface area is 189 Å². The van der Waals surface area contributed by atoms with Crippen LogP contribution >= 0.6 is 11.6 Å². The van der Waals surface area contributed by atoms with Crippen molar-refractivity contribution in [3.63, 3.8) is 0 Å². The number of hydrogen-bond acceptors (Lipinski definition) is 5. The van der Waals surface area contributed by atoms with Crippen molar-refractivity contribution in [1.82, 2.24) is 0 Å². The molecule has 2 atom stereocenters. The molecular weight excluding hydrogens is 436 g/mol. The van der Waals surface area contributed by atoms with Crippen molar-refractivity contribution < 1.29 is 29.0 Å². The smallest absolute Gasteiger partial charge is 0.338 e. The molecule has 8 nitrogen and oxygen atoms in total. The van der Waals surface area contributed by atoms with E-state index < -0.39 is 42.2 Å². The molecule has 0 radical (unpaired) electrons. The number of halogens is 1.